The number of carbonyl (C=O) groups is 1. The van der Waals surface area contributed by atoms with E-state index in [2.05, 4.69) is 10.6 Å². The van der Waals surface area contributed by atoms with Crippen LogP contribution in [-0.2, 0) is 14.8 Å². The molecule has 2 unspecified atom stereocenters. The third-order valence-corrected chi connectivity index (χ3v) is 7.16. The number of amides is 1. The zero-order chi connectivity index (χ0) is 21.6. The molecule has 0 saturated heterocycles. The number of carbonyl (C=O) groups excluding carboxylic acids is 1. The van der Waals surface area contributed by atoms with Gasteiger partial charge >= 0.3 is 0 Å². The second-order valence-electron chi connectivity index (χ2n) is 7.08. The molecule has 0 saturated carbocycles. The summed E-state index contributed by atoms with van der Waals surface area (Å²) in [7, 11) is -3.60. The van der Waals surface area contributed by atoms with Crippen LogP contribution in [0.4, 0.5) is 5.69 Å². The van der Waals surface area contributed by atoms with Crippen LogP contribution in [0.3, 0.4) is 0 Å². The first-order valence-corrected chi connectivity index (χ1v) is 11.4. The zero-order valence-corrected chi connectivity index (χ0v) is 18.6. The quantitative estimate of drug-likeness (QED) is 0.652. The smallest absolute Gasteiger partial charge is 0.243 e. The third kappa shape index (κ3) is 5.65. The van der Waals surface area contributed by atoms with Crippen LogP contribution >= 0.6 is 0 Å². The van der Waals surface area contributed by atoms with E-state index in [9.17, 15) is 13.2 Å². The maximum absolute atomic E-state index is 12.9. The maximum atomic E-state index is 12.9. The van der Waals surface area contributed by atoms with E-state index in [1.165, 1.54) is 10.4 Å². The second-order valence-corrected chi connectivity index (χ2v) is 8.99. The fourth-order valence-corrected chi connectivity index (χ4v) is 4.91. The molecule has 0 fully saturated rings. The number of hydrogen-bond acceptors (Lipinski definition) is 4. The molecule has 2 aromatic carbocycles. The Bertz CT molecular complexity index is 926. The van der Waals surface area contributed by atoms with Gasteiger partial charge in [-0.05, 0) is 44.0 Å². The highest BCUT2D eigenvalue weighted by atomic mass is 32.2. The Morgan fingerprint density at radius 2 is 1.66 bits per heavy atom. The molecule has 0 aliphatic carbocycles. The fourth-order valence-electron chi connectivity index (χ4n) is 3.20. The highest BCUT2D eigenvalue weighted by Crippen LogP contribution is 2.24. The Labute approximate surface area is 174 Å². The minimum atomic E-state index is -3.60. The molecule has 0 aliphatic rings. The Hall–Kier alpha value is -2.22. The van der Waals surface area contributed by atoms with E-state index in [0.29, 0.717) is 24.3 Å². The standard InChI is InChI=1S/C22H31N3O3S/c1-6-25(7-2)29(27,28)21-15-20(14-13-16(21)3)24-22(26)18(5)23-17(4)19-11-9-8-10-12-19/h8-15,17-18,23H,6-7H2,1-5H3,(H,24,26). The van der Waals surface area contributed by atoms with Crippen LogP contribution < -0.4 is 10.6 Å². The van der Waals surface area contributed by atoms with Crippen molar-refractivity contribution in [2.75, 3.05) is 18.4 Å². The largest absolute Gasteiger partial charge is 0.325 e. The molecule has 0 radical (unpaired) electrons. The van der Waals surface area contributed by atoms with Gasteiger partial charge in [0.1, 0.15) is 0 Å². The second kappa shape index (κ2) is 10.0. The Balaban J connectivity index is 2.14. The van der Waals surface area contributed by atoms with E-state index >= 15 is 0 Å². The van der Waals surface area contributed by atoms with Crippen molar-refractivity contribution < 1.29 is 13.2 Å². The molecule has 1 amide bonds. The Morgan fingerprint density at radius 3 is 2.24 bits per heavy atom. The van der Waals surface area contributed by atoms with Gasteiger partial charge in [0.05, 0.1) is 10.9 Å². The van der Waals surface area contributed by atoms with Gasteiger partial charge in [-0.1, -0.05) is 50.2 Å². The van der Waals surface area contributed by atoms with Crippen LogP contribution in [0.1, 0.15) is 44.9 Å². The van der Waals surface area contributed by atoms with Crippen molar-refractivity contribution in [1.82, 2.24) is 9.62 Å². The highest BCUT2D eigenvalue weighted by molar-refractivity contribution is 7.89. The average molecular weight is 418 g/mol. The van der Waals surface area contributed by atoms with Crippen molar-refractivity contribution >= 4 is 21.6 Å². The van der Waals surface area contributed by atoms with Crippen molar-refractivity contribution in [3.63, 3.8) is 0 Å². The molecule has 158 valence electrons. The number of aryl methyl sites for hydroxylation is 1. The van der Waals surface area contributed by atoms with Gasteiger partial charge in [0.25, 0.3) is 0 Å². The lowest BCUT2D eigenvalue weighted by Gasteiger charge is -2.22. The van der Waals surface area contributed by atoms with Crippen LogP contribution in [0.25, 0.3) is 0 Å². The zero-order valence-electron chi connectivity index (χ0n) is 17.8. The minimum absolute atomic E-state index is 0.00794. The summed E-state index contributed by atoms with van der Waals surface area (Å²) in [5.41, 5.74) is 2.21. The number of benzene rings is 2. The van der Waals surface area contributed by atoms with Crippen molar-refractivity contribution in [3.8, 4) is 0 Å². The van der Waals surface area contributed by atoms with Crippen LogP contribution in [-0.4, -0.2) is 37.8 Å². The maximum Gasteiger partial charge on any atom is 0.243 e. The molecule has 0 heterocycles. The molecular formula is C22H31N3O3S. The van der Waals surface area contributed by atoms with Gasteiger partial charge in [0.2, 0.25) is 15.9 Å². The summed E-state index contributed by atoms with van der Waals surface area (Å²) in [5.74, 6) is -0.220. The highest BCUT2D eigenvalue weighted by Gasteiger charge is 2.24. The molecule has 2 aromatic rings. The molecule has 29 heavy (non-hydrogen) atoms. The molecule has 6 nitrogen and oxygen atoms in total. The van der Waals surface area contributed by atoms with E-state index < -0.39 is 16.1 Å². The van der Waals surface area contributed by atoms with Crippen LogP contribution in [0.2, 0.25) is 0 Å². The number of rotatable bonds is 9. The summed E-state index contributed by atoms with van der Waals surface area (Å²) in [5, 5.41) is 6.10. The number of nitrogens with one attached hydrogen (secondary N) is 2. The molecule has 0 aliphatic heterocycles. The first kappa shape index (κ1) is 23.1. The topological polar surface area (TPSA) is 78.5 Å². The summed E-state index contributed by atoms with van der Waals surface area (Å²) < 4.78 is 27.2. The average Bonchev–Trinajstić information content (AvgIpc) is 2.70. The van der Waals surface area contributed by atoms with Crippen molar-refractivity contribution in [3.05, 3.63) is 59.7 Å². The minimum Gasteiger partial charge on any atom is -0.325 e. The predicted molar refractivity (Wildman–Crippen MR) is 117 cm³/mol. The van der Waals surface area contributed by atoms with Gasteiger partial charge in [0.15, 0.2) is 0 Å². The van der Waals surface area contributed by atoms with Crippen molar-refractivity contribution in [2.24, 2.45) is 0 Å². The molecule has 7 heteroatoms. The summed E-state index contributed by atoms with van der Waals surface area (Å²) in [4.78, 5) is 12.9. The van der Waals surface area contributed by atoms with Gasteiger partial charge in [0, 0.05) is 24.8 Å². The van der Waals surface area contributed by atoms with Gasteiger partial charge < -0.3 is 5.32 Å². The van der Waals surface area contributed by atoms with E-state index in [0.717, 1.165) is 5.56 Å². The van der Waals surface area contributed by atoms with Gasteiger partial charge in [-0.2, -0.15) is 4.31 Å². The van der Waals surface area contributed by atoms with E-state index in [4.69, 9.17) is 0 Å². The van der Waals surface area contributed by atoms with Gasteiger partial charge in [-0.25, -0.2) is 8.42 Å². The van der Waals surface area contributed by atoms with Crippen LogP contribution in [0.15, 0.2) is 53.4 Å². The first-order valence-electron chi connectivity index (χ1n) is 9.93. The normalized spacial score (nSPS) is 13.9. The summed E-state index contributed by atoms with van der Waals surface area (Å²) in [6, 6.07) is 14.4. The monoisotopic (exact) mass is 417 g/mol. The summed E-state index contributed by atoms with van der Waals surface area (Å²) >= 11 is 0. The van der Waals surface area contributed by atoms with Crippen LogP contribution in [0.5, 0.6) is 0 Å². The lowest BCUT2D eigenvalue weighted by Crippen LogP contribution is -2.39. The molecule has 0 aromatic heterocycles. The van der Waals surface area contributed by atoms with Gasteiger partial charge in [-0.3, -0.25) is 10.1 Å². The lowest BCUT2D eigenvalue weighted by atomic mass is 10.1. The van der Waals surface area contributed by atoms with Crippen molar-refractivity contribution in [2.45, 2.75) is 51.6 Å². The molecular weight excluding hydrogens is 386 g/mol. The van der Waals surface area contributed by atoms with Crippen molar-refractivity contribution in [1.29, 1.82) is 0 Å². The molecule has 2 atom stereocenters. The first-order chi connectivity index (χ1) is 13.7. The molecule has 2 N–H and O–H groups in total. The van der Waals surface area contributed by atoms with Crippen LogP contribution in [0, 0.1) is 6.92 Å². The Morgan fingerprint density at radius 1 is 1.03 bits per heavy atom. The molecule has 0 spiro atoms. The van der Waals surface area contributed by atoms with E-state index in [1.807, 2.05) is 51.1 Å². The number of hydrogen-bond donors (Lipinski definition) is 2. The van der Waals surface area contributed by atoms with E-state index in [1.54, 1.807) is 26.0 Å². The third-order valence-electron chi connectivity index (χ3n) is 4.97. The lowest BCUT2D eigenvalue weighted by molar-refractivity contribution is -0.117. The predicted octanol–water partition coefficient (Wildman–Crippen LogP) is 3.70. The Kier molecular flexibility index (Phi) is 7.96. The number of sulfonamides is 1. The SMILES string of the molecule is CCN(CC)S(=O)(=O)c1cc(NC(=O)C(C)NC(C)c2ccccc2)ccc1C. The summed E-state index contributed by atoms with van der Waals surface area (Å²) in [6.45, 7) is 9.96. The van der Waals surface area contributed by atoms with E-state index in [-0.39, 0.29) is 16.8 Å². The number of anilines is 1. The molecule has 0 bridgehead atoms. The molecule has 2 rings (SSSR count). The number of nitrogens with zero attached hydrogens (tertiary/aromatic N) is 1. The fraction of sp³-hybridized carbons (Fsp3) is 0.409. The summed E-state index contributed by atoms with van der Waals surface area (Å²) in [6.07, 6.45) is 0. The van der Waals surface area contributed by atoms with Gasteiger partial charge in [-0.15, -0.1) is 0 Å².